The van der Waals surface area contributed by atoms with E-state index in [-0.39, 0.29) is 6.42 Å². The number of nitrogens with zero attached hydrogens (tertiary/aromatic N) is 1. The lowest BCUT2D eigenvalue weighted by atomic mass is 10.1. The minimum atomic E-state index is -1.51. The molecule has 0 aliphatic carbocycles. The molecule has 98 valence electrons. The summed E-state index contributed by atoms with van der Waals surface area (Å²) in [6, 6.07) is 12.5. The van der Waals surface area contributed by atoms with Crippen molar-refractivity contribution < 1.29 is 14.7 Å². The van der Waals surface area contributed by atoms with Gasteiger partial charge in [0.25, 0.3) is 0 Å². The van der Waals surface area contributed by atoms with E-state index in [1.54, 1.807) is 24.3 Å². The molecule has 19 heavy (non-hydrogen) atoms. The molecular weight excluding hydrogens is 310 g/mol. The van der Waals surface area contributed by atoms with E-state index in [4.69, 9.17) is 0 Å². The van der Waals surface area contributed by atoms with Gasteiger partial charge in [-0.25, -0.2) is 0 Å². The lowest BCUT2D eigenvalue weighted by Crippen LogP contribution is -2.45. The van der Waals surface area contributed by atoms with Gasteiger partial charge in [-0.1, -0.05) is 52.3 Å². The maximum Gasteiger partial charge on any atom is 0.233 e. The van der Waals surface area contributed by atoms with Gasteiger partial charge < -0.3 is 9.90 Å². The molecule has 0 unspecified atom stereocenters. The maximum absolute atomic E-state index is 11.9. The third-order valence-corrected chi connectivity index (χ3v) is 3.14. The van der Waals surface area contributed by atoms with Crippen molar-refractivity contribution in [3.05, 3.63) is 42.5 Å². The molecule has 0 fully saturated rings. The van der Waals surface area contributed by atoms with E-state index in [0.717, 1.165) is 5.39 Å². The predicted octanol–water partition coefficient (Wildman–Crippen LogP) is 2.30. The standard InChI is InChI=1S/C14H12BrNO3/c15-9-8-13(17)16(14(18)19)12-7-3-5-10-4-1-2-6-11(10)12/h1-7H,8-9H2,(H,18,19)/p-1. The number of carboxylic acid groups (broad SMARTS) is 1. The van der Waals surface area contributed by atoms with Crippen molar-refractivity contribution >= 4 is 44.4 Å². The second-order valence-corrected chi connectivity index (χ2v) is 4.73. The molecule has 0 aliphatic heterocycles. The molecule has 0 N–H and O–H groups in total. The molecule has 4 nitrogen and oxygen atoms in total. The van der Waals surface area contributed by atoms with Crippen molar-refractivity contribution in [2.75, 3.05) is 10.2 Å². The number of rotatable bonds is 3. The van der Waals surface area contributed by atoms with E-state index in [2.05, 4.69) is 15.9 Å². The van der Waals surface area contributed by atoms with Crippen molar-refractivity contribution in [1.82, 2.24) is 0 Å². The number of benzene rings is 2. The van der Waals surface area contributed by atoms with Crippen LogP contribution in [0.1, 0.15) is 6.42 Å². The lowest BCUT2D eigenvalue weighted by molar-refractivity contribution is -0.246. The van der Waals surface area contributed by atoms with Gasteiger partial charge in [-0.2, -0.15) is 0 Å². The van der Waals surface area contributed by atoms with Gasteiger partial charge in [-0.3, -0.25) is 9.69 Å². The van der Waals surface area contributed by atoms with Crippen LogP contribution >= 0.6 is 15.9 Å². The molecule has 0 atom stereocenters. The summed E-state index contributed by atoms with van der Waals surface area (Å²) < 4.78 is 0. The predicted molar refractivity (Wildman–Crippen MR) is 75.2 cm³/mol. The number of halogens is 1. The van der Waals surface area contributed by atoms with Gasteiger partial charge in [0.2, 0.25) is 5.91 Å². The Kier molecular flexibility index (Phi) is 4.16. The molecule has 0 spiro atoms. The van der Waals surface area contributed by atoms with E-state index in [0.29, 0.717) is 21.3 Å². The Morgan fingerprint density at radius 1 is 1.11 bits per heavy atom. The average molecular weight is 321 g/mol. The zero-order chi connectivity index (χ0) is 13.8. The molecule has 0 aromatic heterocycles. The van der Waals surface area contributed by atoms with Crippen molar-refractivity contribution in [2.45, 2.75) is 6.42 Å². The number of fused-ring (bicyclic) bond motifs is 1. The monoisotopic (exact) mass is 320 g/mol. The van der Waals surface area contributed by atoms with E-state index in [9.17, 15) is 14.7 Å². The fourth-order valence-corrected chi connectivity index (χ4v) is 2.27. The fourth-order valence-electron chi connectivity index (χ4n) is 1.93. The van der Waals surface area contributed by atoms with E-state index >= 15 is 0 Å². The highest BCUT2D eigenvalue weighted by Gasteiger charge is 2.18. The Morgan fingerprint density at radius 3 is 2.47 bits per heavy atom. The minimum Gasteiger partial charge on any atom is -0.529 e. The van der Waals surface area contributed by atoms with Crippen molar-refractivity contribution in [1.29, 1.82) is 0 Å². The van der Waals surface area contributed by atoms with Gasteiger partial charge in [0.15, 0.2) is 0 Å². The molecule has 2 aromatic carbocycles. The Labute approximate surface area is 118 Å². The van der Waals surface area contributed by atoms with Crippen LogP contribution in [-0.4, -0.2) is 17.3 Å². The van der Waals surface area contributed by atoms with E-state index < -0.39 is 12.0 Å². The SMILES string of the molecule is O=C([O-])N(C(=O)CCBr)c1cccc2ccccc12. The molecule has 0 heterocycles. The van der Waals surface area contributed by atoms with Crippen LogP contribution < -0.4 is 10.0 Å². The summed E-state index contributed by atoms with van der Waals surface area (Å²) in [5, 5.41) is 13.2. The Hall–Kier alpha value is -1.88. The zero-order valence-electron chi connectivity index (χ0n) is 10.0. The highest BCUT2D eigenvalue weighted by Crippen LogP contribution is 2.27. The molecule has 2 rings (SSSR count). The third-order valence-electron chi connectivity index (χ3n) is 2.75. The number of carbonyl (C=O) groups is 2. The van der Waals surface area contributed by atoms with Crippen LogP contribution in [0, 0.1) is 0 Å². The molecule has 2 amide bonds. The molecule has 0 radical (unpaired) electrons. The molecule has 5 heteroatoms. The average Bonchev–Trinajstić information content (AvgIpc) is 2.39. The molecule has 0 saturated carbocycles. The third kappa shape index (κ3) is 2.76. The molecule has 0 bridgehead atoms. The summed E-state index contributed by atoms with van der Waals surface area (Å²) in [5.41, 5.74) is 0.337. The molecule has 0 aliphatic rings. The van der Waals surface area contributed by atoms with Gasteiger partial charge in [-0.05, 0) is 11.5 Å². The summed E-state index contributed by atoms with van der Waals surface area (Å²) >= 11 is 3.13. The number of alkyl halides is 1. The Morgan fingerprint density at radius 2 is 1.79 bits per heavy atom. The van der Waals surface area contributed by atoms with Gasteiger partial charge >= 0.3 is 0 Å². The first kappa shape index (κ1) is 13.5. The topological polar surface area (TPSA) is 60.4 Å². The van der Waals surface area contributed by atoms with Crippen molar-refractivity contribution in [3.63, 3.8) is 0 Å². The number of carbonyl (C=O) groups excluding carboxylic acids is 2. The van der Waals surface area contributed by atoms with Crippen LogP contribution in [0.3, 0.4) is 0 Å². The Bertz CT molecular complexity index is 622. The largest absolute Gasteiger partial charge is 0.529 e. The normalized spacial score (nSPS) is 10.4. The van der Waals surface area contributed by atoms with Crippen LogP contribution in [-0.2, 0) is 4.79 Å². The lowest BCUT2D eigenvalue weighted by Gasteiger charge is -2.24. The second-order valence-electron chi connectivity index (χ2n) is 3.93. The first-order valence-corrected chi connectivity index (χ1v) is 6.85. The second kappa shape index (κ2) is 5.84. The highest BCUT2D eigenvalue weighted by molar-refractivity contribution is 9.09. The summed E-state index contributed by atoms with van der Waals surface area (Å²) in [4.78, 5) is 23.8. The zero-order valence-corrected chi connectivity index (χ0v) is 11.6. The van der Waals surface area contributed by atoms with Crippen LogP contribution in [0.4, 0.5) is 10.5 Å². The summed E-state index contributed by atoms with van der Waals surface area (Å²) in [6.07, 6.45) is -1.42. The van der Waals surface area contributed by atoms with Gasteiger partial charge in [0.1, 0.15) is 6.09 Å². The van der Waals surface area contributed by atoms with Crippen molar-refractivity contribution in [2.24, 2.45) is 0 Å². The molecule has 0 saturated heterocycles. The number of amides is 2. The fraction of sp³-hybridized carbons (Fsp3) is 0.143. The van der Waals surface area contributed by atoms with Crippen LogP contribution in [0.5, 0.6) is 0 Å². The first-order chi connectivity index (χ1) is 9.15. The van der Waals surface area contributed by atoms with Crippen LogP contribution in [0.2, 0.25) is 0 Å². The summed E-state index contributed by atoms with van der Waals surface area (Å²) in [5.74, 6) is -0.506. The Balaban J connectivity index is 2.56. The van der Waals surface area contributed by atoms with Crippen LogP contribution in [0.15, 0.2) is 42.5 Å². The first-order valence-electron chi connectivity index (χ1n) is 5.73. The van der Waals surface area contributed by atoms with E-state index in [1.807, 2.05) is 18.2 Å². The molecule has 2 aromatic rings. The highest BCUT2D eigenvalue weighted by atomic mass is 79.9. The van der Waals surface area contributed by atoms with Gasteiger partial charge in [0.05, 0.1) is 5.69 Å². The van der Waals surface area contributed by atoms with E-state index in [1.165, 1.54) is 0 Å². The van der Waals surface area contributed by atoms with Crippen LogP contribution in [0.25, 0.3) is 10.8 Å². The minimum absolute atomic E-state index is 0.0944. The number of hydrogen-bond acceptors (Lipinski definition) is 3. The number of hydrogen-bond donors (Lipinski definition) is 0. The number of imide groups is 1. The summed E-state index contributed by atoms with van der Waals surface area (Å²) in [7, 11) is 0. The molecular formula is C14H11BrNO3-. The van der Waals surface area contributed by atoms with Gasteiger partial charge in [-0.15, -0.1) is 0 Å². The summed E-state index contributed by atoms with van der Waals surface area (Å²) in [6.45, 7) is 0. The quantitative estimate of drug-likeness (QED) is 0.815. The van der Waals surface area contributed by atoms with Crippen molar-refractivity contribution in [3.8, 4) is 0 Å². The smallest absolute Gasteiger partial charge is 0.233 e. The number of anilines is 1. The van der Waals surface area contributed by atoms with Gasteiger partial charge in [0, 0.05) is 17.1 Å². The maximum atomic E-state index is 11.9.